The molecule has 0 N–H and O–H groups in total. The van der Waals surface area contributed by atoms with Crippen molar-refractivity contribution in [3.05, 3.63) is 65.9 Å². The number of fused-ring (bicyclic) bond motifs is 1. The van der Waals surface area contributed by atoms with Gasteiger partial charge in [0, 0.05) is 41.5 Å². The number of ether oxygens (including phenoxy) is 2. The number of benzene rings is 2. The number of hydrogen-bond donors (Lipinski definition) is 0. The van der Waals surface area contributed by atoms with Crippen LogP contribution in [-0.2, 0) is 14.3 Å². The van der Waals surface area contributed by atoms with Crippen molar-refractivity contribution >= 4 is 34.5 Å². The highest BCUT2D eigenvalue weighted by molar-refractivity contribution is 5.99. The molecule has 2 aromatic carbocycles. The maximum Gasteiger partial charge on any atom is 0.411 e. The van der Waals surface area contributed by atoms with E-state index >= 15 is 0 Å². The molecule has 2 saturated heterocycles. The lowest BCUT2D eigenvalue weighted by atomic mass is 9.99. The Morgan fingerprint density at radius 2 is 1.54 bits per heavy atom. The molecule has 3 heterocycles. The van der Waals surface area contributed by atoms with Gasteiger partial charge in [-0.3, -0.25) is 19.4 Å². The first-order valence-electron chi connectivity index (χ1n) is 17.0. The van der Waals surface area contributed by atoms with Crippen LogP contribution in [0.15, 0.2) is 54.6 Å². The average Bonchev–Trinajstić information content (AvgIpc) is 3.60. The summed E-state index contributed by atoms with van der Waals surface area (Å²) in [6.07, 6.45) is 2.48. The second-order valence-electron chi connectivity index (χ2n) is 15.5. The number of carbonyl (C=O) groups excluding carboxylic acids is 4. The molecule has 0 unspecified atom stereocenters. The average molecular weight is 656 g/mol. The lowest BCUT2D eigenvalue weighted by Gasteiger charge is -2.40. The number of likely N-dealkylation sites (tertiary alicyclic amines) is 2. The molecular weight excluding hydrogens is 606 g/mol. The number of esters is 1. The Morgan fingerprint density at radius 3 is 2.21 bits per heavy atom. The summed E-state index contributed by atoms with van der Waals surface area (Å²) in [5.41, 5.74) is 2.86. The Balaban J connectivity index is 1.19. The van der Waals surface area contributed by atoms with Crippen molar-refractivity contribution in [1.29, 1.82) is 0 Å². The van der Waals surface area contributed by atoms with E-state index in [0.29, 0.717) is 36.7 Å². The summed E-state index contributed by atoms with van der Waals surface area (Å²) in [5, 5.41) is 0.920. The van der Waals surface area contributed by atoms with E-state index in [9.17, 15) is 19.2 Å². The topological polar surface area (TPSA) is 106 Å². The van der Waals surface area contributed by atoms with Gasteiger partial charge in [0.25, 0.3) is 0 Å². The lowest BCUT2D eigenvalue weighted by molar-refractivity contribution is -0.147. The SMILES string of the molecule is C[C@H]1C[C@@H](C(=O)OCC(=O)c2ccc(-c3ccc4nc(C(=O)C[C@@H]5CC[C@H](C)N5C(C)(C)C)ccc4c3)cc2)N(C(=O)OC(C)(C)C)C1. The molecule has 0 saturated carbocycles. The van der Waals surface area contributed by atoms with E-state index in [4.69, 9.17) is 14.5 Å². The summed E-state index contributed by atoms with van der Waals surface area (Å²) >= 11 is 0. The number of hydrogen-bond acceptors (Lipinski definition) is 8. The normalized spacial score (nSPS) is 21.8. The van der Waals surface area contributed by atoms with Crippen LogP contribution in [0.1, 0.15) is 102 Å². The highest BCUT2D eigenvalue weighted by Gasteiger charge is 2.41. The number of aromatic nitrogens is 1. The van der Waals surface area contributed by atoms with Gasteiger partial charge in [-0.15, -0.1) is 0 Å². The van der Waals surface area contributed by atoms with Crippen LogP contribution in [0.5, 0.6) is 0 Å². The first-order valence-corrected chi connectivity index (χ1v) is 17.0. The van der Waals surface area contributed by atoms with Gasteiger partial charge in [0.15, 0.2) is 18.2 Å². The van der Waals surface area contributed by atoms with Gasteiger partial charge in [-0.05, 0) is 103 Å². The van der Waals surface area contributed by atoms with Gasteiger partial charge in [0.2, 0.25) is 0 Å². The Morgan fingerprint density at radius 1 is 0.854 bits per heavy atom. The summed E-state index contributed by atoms with van der Waals surface area (Å²) in [5.74, 6) is -0.759. The first-order chi connectivity index (χ1) is 22.5. The zero-order valence-corrected chi connectivity index (χ0v) is 29.5. The molecule has 4 atom stereocenters. The Labute approximate surface area is 284 Å². The van der Waals surface area contributed by atoms with Gasteiger partial charge in [-0.2, -0.15) is 0 Å². The molecule has 1 aromatic heterocycles. The molecule has 3 aromatic rings. The van der Waals surface area contributed by atoms with Crippen molar-refractivity contribution in [3.63, 3.8) is 0 Å². The molecule has 9 heteroatoms. The van der Waals surface area contributed by atoms with Gasteiger partial charge in [0.1, 0.15) is 17.3 Å². The van der Waals surface area contributed by atoms with Crippen LogP contribution in [-0.4, -0.2) is 80.8 Å². The van der Waals surface area contributed by atoms with E-state index in [-0.39, 0.29) is 29.1 Å². The molecule has 9 nitrogen and oxygen atoms in total. The number of rotatable bonds is 8. The molecule has 2 fully saturated rings. The second kappa shape index (κ2) is 13.8. The zero-order valence-electron chi connectivity index (χ0n) is 29.5. The number of pyridine rings is 1. The predicted molar refractivity (Wildman–Crippen MR) is 186 cm³/mol. The highest BCUT2D eigenvalue weighted by atomic mass is 16.6. The van der Waals surface area contributed by atoms with Crippen molar-refractivity contribution in [2.45, 2.75) is 110 Å². The smallest absolute Gasteiger partial charge is 0.411 e. The van der Waals surface area contributed by atoms with E-state index in [1.54, 1.807) is 32.9 Å². The molecule has 256 valence electrons. The van der Waals surface area contributed by atoms with Crippen molar-refractivity contribution in [3.8, 4) is 11.1 Å². The fraction of sp³-hybridized carbons (Fsp3) is 0.513. The molecule has 2 aliphatic heterocycles. The number of ketones is 2. The molecule has 1 amide bonds. The lowest BCUT2D eigenvalue weighted by Crippen LogP contribution is -2.48. The summed E-state index contributed by atoms with van der Waals surface area (Å²) in [6.45, 7) is 16.1. The molecule has 0 spiro atoms. The molecule has 0 bridgehead atoms. The van der Waals surface area contributed by atoms with Crippen LogP contribution in [0.25, 0.3) is 22.0 Å². The van der Waals surface area contributed by atoms with Gasteiger partial charge >= 0.3 is 12.1 Å². The number of amides is 1. The first kappa shape index (κ1) is 35.2. The second-order valence-corrected chi connectivity index (χ2v) is 15.5. The van der Waals surface area contributed by atoms with E-state index < -0.39 is 30.3 Å². The number of Topliss-reactive ketones (excluding diaryl/α,β-unsaturated/α-hetero) is 2. The molecule has 0 radical (unpaired) electrons. The number of carbonyl (C=O) groups is 4. The zero-order chi connectivity index (χ0) is 35.0. The third kappa shape index (κ3) is 8.12. The van der Waals surface area contributed by atoms with Crippen LogP contribution in [0.4, 0.5) is 4.79 Å². The third-order valence-corrected chi connectivity index (χ3v) is 9.25. The van der Waals surface area contributed by atoms with Crippen molar-refractivity contribution in [1.82, 2.24) is 14.8 Å². The van der Waals surface area contributed by atoms with Crippen LogP contribution < -0.4 is 0 Å². The standard InChI is InChI=1S/C39H49N3O6/c1-24-19-33(41(22-24)37(46)48-39(6,7)8)36(45)47-23-35(44)27-12-10-26(11-13-27)28-14-17-31-29(20-28)15-18-32(40-31)34(43)21-30-16-9-25(2)42(30)38(3,4)5/h10-15,17-18,20,24-25,30,33H,9,16,19,21-23H2,1-8H3/t24-,25-,30-,33-/m0/s1. The largest absolute Gasteiger partial charge is 0.456 e. The monoisotopic (exact) mass is 655 g/mol. The predicted octanol–water partition coefficient (Wildman–Crippen LogP) is 7.50. The maximum atomic E-state index is 13.3. The fourth-order valence-electron chi connectivity index (χ4n) is 7.22. The van der Waals surface area contributed by atoms with Crippen LogP contribution in [0, 0.1) is 5.92 Å². The number of nitrogens with zero attached hydrogens (tertiary/aromatic N) is 3. The Kier molecular flexibility index (Phi) is 10.1. The fourth-order valence-corrected chi connectivity index (χ4v) is 7.22. The van der Waals surface area contributed by atoms with Crippen molar-refractivity contribution in [2.75, 3.05) is 13.2 Å². The van der Waals surface area contributed by atoms with E-state index in [1.165, 1.54) is 4.90 Å². The minimum absolute atomic E-state index is 0.00737. The summed E-state index contributed by atoms with van der Waals surface area (Å²) < 4.78 is 10.8. The molecular formula is C39H49N3O6. The molecule has 5 rings (SSSR count). The maximum absolute atomic E-state index is 13.3. The summed E-state index contributed by atoms with van der Waals surface area (Å²) in [6, 6.07) is 16.7. The minimum Gasteiger partial charge on any atom is -0.456 e. The van der Waals surface area contributed by atoms with Crippen molar-refractivity contribution < 1.29 is 28.7 Å². The van der Waals surface area contributed by atoms with Gasteiger partial charge < -0.3 is 9.47 Å². The third-order valence-electron chi connectivity index (χ3n) is 9.25. The van der Waals surface area contributed by atoms with Gasteiger partial charge in [-0.25, -0.2) is 14.6 Å². The van der Waals surface area contributed by atoms with E-state index in [0.717, 1.165) is 34.9 Å². The van der Waals surface area contributed by atoms with E-state index in [2.05, 4.69) is 32.6 Å². The Hall–Kier alpha value is -4.11. The minimum atomic E-state index is -0.781. The Bertz CT molecular complexity index is 1690. The van der Waals surface area contributed by atoms with Gasteiger partial charge in [0.05, 0.1) is 5.52 Å². The van der Waals surface area contributed by atoms with Crippen molar-refractivity contribution in [2.24, 2.45) is 5.92 Å². The van der Waals surface area contributed by atoms with Crippen LogP contribution >= 0.6 is 0 Å². The summed E-state index contributed by atoms with van der Waals surface area (Å²) in [4.78, 5) is 60.3. The molecule has 2 aliphatic rings. The molecule has 48 heavy (non-hydrogen) atoms. The van der Waals surface area contributed by atoms with Gasteiger partial charge in [-0.1, -0.05) is 43.3 Å². The highest BCUT2D eigenvalue weighted by Crippen LogP contribution is 2.34. The van der Waals surface area contributed by atoms with Crippen LogP contribution in [0.3, 0.4) is 0 Å². The summed E-state index contributed by atoms with van der Waals surface area (Å²) in [7, 11) is 0. The van der Waals surface area contributed by atoms with Crippen LogP contribution in [0.2, 0.25) is 0 Å². The molecule has 0 aliphatic carbocycles. The van der Waals surface area contributed by atoms with E-state index in [1.807, 2.05) is 49.4 Å². The quantitative estimate of drug-likeness (QED) is 0.182.